The molecule has 0 spiro atoms. The smallest absolute Gasteiger partial charge is 0.310 e. The molecule has 0 unspecified atom stereocenters. The molecule has 0 aliphatic carbocycles. The first-order valence-corrected chi connectivity index (χ1v) is 11.5. The van der Waals surface area contributed by atoms with E-state index >= 15 is 0 Å². The second-order valence-corrected chi connectivity index (χ2v) is 8.59. The zero-order chi connectivity index (χ0) is 23.3. The Labute approximate surface area is 199 Å². The van der Waals surface area contributed by atoms with Gasteiger partial charge in [-0.25, -0.2) is 0 Å². The van der Waals surface area contributed by atoms with Gasteiger partial charge in [0.1, 0.15) is 18.1 Å². The molecule has 0 aromatic heterocycles. The van der Waals surface area contributed by atoms with Gasteiger partial charge in [-0.1, -0.05) is 91.0 Å². The van der Waals surface area contributed by atoms with E-state index in [0.717, 1.165) is 22.3 Å². The molecule has 0 radical (unpaired) electrons. The Morgan fingerprint density at radius 1 is 0.824 bits per heavy atom. The van der Waals surface area contributed by atoms with Crippen LogP contribution in [0.1, 0.15) is 39.7 Å². The highest BCUT2D eigenvalue weighted by molar-refractivity contribution is 5.72. The SMILES string of the molecule is O=C(Cc1ccc([C@H]2c3ccc(O)cc3OC[C@H]2c2ccccc2)cc1)OCc1ccccc1. The normalized spacial score (nSPS) is 16.8. The van der Waals surface area contributed by atoms with Gasteiger partial charge in [-0.2, -0.15) is 0 Å². The standard InChI is InChI=1S/C30H26O4/c31-25-15-16-26-28(18-25)33-20-27(23-9-5-2-6-10-23)30(26)24-13-11-21(12-14-24)17-29(32)34-19-22-7-3-1-4-8-22/h1-16,18,27,30-31H,17,19-20H2/t27-,30-/m0/s1. The van der Waals surface area contributed by atoms with E-state index in [2.05, 4.69) is 24.3 Å². The average molecular weight is 451 g/mol. The van der Waals surface area contributed by atoms with Crippen LogP contribution in [-0.2, 0) is 22.6 Å². The van der Waals surface area contributed by atoms with Gasteiger partial charge in [0.15, 0.2) is 0 Å². The summed E-state index contributed by atoms with van der Waals surface area (Å²) in [6.07, 6.45) is 0.230. The Bertz CT molecular complexity index is 1250. The first-order chi connectivity index (χ1) is 16.7. The number of aromatic hydroxyl groups is 1. The number of phenolic OH excluding ortho intramolecular Hbond substituents is 1. The van der Waals surface area contributed by atoms with Crippen LogP contribution in [0.4, 0.5) is 0 Å². The molecule has 4 nitrogen and oxygen atoms in total. The van der Waals surface area contributed by atoms with E-state index in [0.29, 0.717) is 12.4 Å². The topological polar surface area (TPSA) is 55.8 Å². The number of hydrogen-bond acceptors (Lipinski definition) is 4. The van der Waals surface area contributed by atoms with Crippen LogP contribution < -0.4 is 4.74 Å². The van der Waals surface area contributed by atoms with Crippen LogP contribution in [0.15, 0.2) is 103 Å². The van der Waals surface area contributed by atoms with Crippen molar-refractivity contribution in [2.45, 2.75) is 24.9 Å². The van der Waals surface area contributed by atoms with Gasteiger partial charge < -0.3 is 14.6 Å². The molecule has 0 saturated carbocycles. The molecule has 34 heavy (non-hydrogen) atoms. The molecule has 0 fully saturated rings. The van der Waals surface area contributed by atoms with E-state index in [1.54, 1.807) is 12.1 Å². The van der Waals surface area contributed by atoms with Crippen molar-refractivity contribution >= 4 is 5.97 Å². The van der Waals surface area contributed by atoms with Crippen molar-refractivity contribution in [2.24, 2.45) is 0 Å². The molecule has 1 aliphatic rings. The highest BCUT2D eigenvalue weighted by Crippen LogP contribution is 2.46. The minimum atomic E-state index is -0.245. The number of carbonyl (C=O) groups excluding carboxylic acids is 1. The highest BCUT2D eigenvalue weighted by Gasteiger charge is 2.33. The van der Waals surface area contributed by atoms with E-state index in [-0.39, 0.29) is 36.6 Å². The molecule has 4 heteroatoms. The molecule has 5 rings (SSSR count). The molecule has 1 heterocycles. The lowest BCUT2D eigenvalue weighted by Crippen LogP contribution is -2.25. The first-order valence-electron chi connectivity index (χ1n) is 11.5. The van der Waals surface area contributed by atoms with Gasteiger partial charge in [-0.15, -0.1) is 0 Å². The monoisotopic (exact) mass is 450 g/mol. The van der Waals surface area contributed by atoms with Crippen LogP contribution in [0.2, 0.25) is 0 Å². The number of hydrogen-bond donors (Lipinski definition) is 1. The lowest BCUT2D eigenvalue weighted by Gasteiger charge is -2.34. The number of benzene rings is 4. The van der Waals surface area contributed by atoms with Gasteiger partial charge >= 0.3 is 5.97 Å². The molecular formula is C30H26O4. The van der Waals surface area contributed by atoms with E-state index in [4.69, 9.17) is 9.47 Å². The van der Waals surface area contributed by atoms with Crippen LogP contribution in [0.25, 0.3) is 0 Å². The van der Waals surface area contributed by atoms with Crippen LogP contribution in [0, 0.1) is 0 Å². The molecule has 4 aromatic rings. The van der Waals surface area contributed by atoms with Gasteiger partial charge in [0.2, 0.25) is 0 Å². The maximum absolute atomic E-state index is 12.3. The molecule has 1 aliphatic heterocycles. The van der Waals surface area contributed by atoms with Gasteiger partial charge in [0, 0.05) is 23.5 Å². The van der Waals surface area contributed by atoms with Gasteiger partial charge in [-0.05, 0) is 28.3 Å². The molecule has 0 amide bonds. The van der Waals surface area contributed by atoms with E-state index in [1.165, 1.54) is 5.56 Å². The van der Waals surface area contributed by atoms with Gasteiger partial charge in [0.25, 0.3) is 0 Å². The Morgan fingerprint density at radius 2 is 1.53 bits per heavy atom. The summed E-state index contributed by atoms with van der Waals surface area (Å²) in [4.78, 5) is 12.3. The highest BCUT2D eigenvalue weighted by atomic mass is 16.5. The fourth-order valence-electron chi connectivity index (χ4n) is 4.60. The van der Waals surface area contributed by atoms with Crippen molar-refractivity contribution in [2.75, 3.05) is 6.61 Å². The molecule has 0 saturated heterocycles. The molecule has 0 bridgehead atoms. The summed E-state index contributed by atoms with van der Waals surface area (Å²) in [6, 6.07) is 33.5. The van der Waals surface area contributed by atoms with Crippen molar-refractivity contribution in [3.05, 3.63) is 131 Å². The molecule has 4 aromatic carbocycles. The Hall–Kier alpha value is -4.05. The van der Waals surface area contributed by atoms with Crippen molar-refractivity contribution in [1.82, 2.24) is 0 Å². The van der Waals surface area contributed by atoms with Crippen LogP contribution in [0.3, 0.4) is 0 Å². The quantitative estimate of drug-likeness (QED) is 0.367. The Kier molecular flexibility index (Phi) is 6.30. The lowest BCUT2D eigenvalue weighted by atomic mass is 9.75. The average Bonchev–Trinajstić information content (AvgIpc) is 2.88. The summed E-state index contributed by atoms with van der Waals surface area (Å²) in [6.45, 7) is 0.806. The van der Waals surface area contributed by atoms with Crippen LogP contribution in [-0.4, -0.2) is 17.7 Å². The maximum Gasteiger partial charge on any atom is 0.310 e. The van der Waals surface area contributed by atoms with Crippen molar-refractivity contribution in [1.29, 1.82) is 0 Å². The third-order valence-corrected chi connectivity index (χ3v) is 6.31. The van der Waals surface area contributed by atoms with Crippen molar-refractivity contribution in [3.8, 4) is 11.5 Å². The zero-order valence-corrected chi connectivity index (χ0v) is 18.8. The van der Waals surface area contributed by atoms with E-state index in [9.17, 15) is 9.90 Å². The number of fused-ring (bicyclic) bond motifs is 1. The van der Waals surface area contributed by atoms with Crippen molar-refractivity contribution < 1.29 is 19.4 Å². The number of esters is 1. The van der Waals surface area contributed by atoms with Crippen molar-refractivity contribution in [3.63, 3.8) is 0 Å². The number of ether oxygens (including phenoxy) is 2. The Balaban J connectivity index is 1.36. The summed E-state index contributed by atoms with van der Waals surface area (Å²) in [5.41, 5.74) is 5.29. The Morgan fingerprint density at radius 3 is 2.26 bits per heavy atom. The fourth-order valence-corrected chi connectivity index (χ4v) is 4.60. The molecule has 170 valence electrons. The fraction of sp³-hybridized carbons (Fsp3) is 0.167. The first kappa shape index (κ1) is 21.8. The number of carbonyl (C=O) groups is 1. The molecule has 1 N–H and O–H groups in total. The van der Waals surface area contributed by atoms with Gasteiger partial charge in [-0.3, -0.25) is 4.79 Å². The molecule has 2 atom stereocenters. The number of phenols is 1. The zero-order valence-electron chi connectivity index (χ0n) is 18.8. The summed E-state index contributed by atoms with van der Waals surface area (Å²) in [5, 5.41) is 9.94. The summed E-state index contributed by atoms with van der Waals surface area (Å²) < 4.78 is 11.5. The van der Waals surface area contributed by atoms with Gasteiger partial charge in [0.05, 0.1) is 13.0 Å². The minimum absolute atomic E-state index is 0.0748. The lowest BCUT2D eigenvalue weighted by molar-refractivity contribution is -0.144. The summed E-state index contributed by atoms with van der Waals surface area (Å²) >= 11 is 0. The summed E-state index contributed by atoms with van der Waals surface area (Å²) in [7, 11) is 0. The second kappa shape index (κ2) is 9.84. The predicted molar refractivity (Wildman–Crippen MR) is 131 cm³/mol. The van der Waals surface area contributed by atoms with E-state index in [1.807, 2.05) is 66.7 Å². The maximum atomic E-state index is 12.3. The van der Waals surface area contributed by atoms with E-state index < -0.39 is 0 Å². The third-order valence-electron chi connectivity index (χ3n) is 6.31. The number of rotatable bonds is 6. The largest absolute Gasteiger partial charge is 0.508 e. The predicted octanol–water partition coefficient (Wildman–Crippen LogP) is 5.99. The van der Waals surface area contributed by atoms with Crippen LogP contribution in [0.5, 0.6) is 11.5 Å². The third kappa shape index (κ3) is 4.81. The minimum Gasteiger partial charge on any atom is -0.508 e. The van der Waals surface area contributed by atoms with Crippen LogP contribution >= 0.6 is 0 Å². The second-order valence-electron chi connectivity index (χ2n) is 8.59. The molecular weight excluding hydrogens is 424 g/mol. The summed E-state index contributed by atoms with van der Waals surface area (Å²) in [5.74, 6) is 0.877.